The average molecular weight is 340 g/mol. The lowest BCUT2D eigenvalue weighted by Crippen LogP contribution is -2.26. The Balaban J connectivity index is 2.54. The number of nitrogens with two attached hydrogens (primary N) is 1. The molecule has 0 atom stereocenters. The van der Waals surface area contributed by atoms with Gasteiger partial charge in [-0.25, -0.2) is 4.79 Å². The van der Waals surface area contributed by atoms with Gasteiger partial charge in [-0.3, -0.25) is 5.43 Å². The van der Waals surface area contributed by atoms with Crippen LogP contribution in [0.4, 0.5) is 0 Å². The molecule has 0 amide bonds. The summed E-state index contributed by atoms with van der Waals surface area (Å²) < 4.78 is 6.13. The fourth-order valence-electron chi connectivity index (χ4n) is 1.55. The van der Waals surface area contributed by atoms with Gasteiger partial charge in [-0.2, -0.15) is 5.10 Å². The van der Waals surface area contributed by atoms with Crippen molar-refractivity contribution in [2.75, 3.05) is 0 Å². The number of thiocarbonyl (C=S) groups is 1. The summed E-state index contributed by atoms with van der Waals surface area (Å²) >= 11 is 8.01. The van der Waals surface area contributed by atoms with Gasteiger partial charge in [-0.1, -0.05) is 15.9 Å². The highest BCUT2D eigenvalue weighted by Gasteiger charge is 2.08. The molecule has 5 nitrogen and oxygen atoms in total. The number of hydrazone groups is 1. The monoisotopic (exact) mass is 339 g/mol. The number of nitrogens with one attached hydrogen (secondary N) is 1. The van der Waals surface area contributed by atoms with E-state index in [0.29, 0.717) is 16.9 Å². The molecule has 0 aliphatic carbocycles. The summed E-state index contributed by atoms with van der Waals surface area (Å²) in [5, 5.41) is 4.75. The number of benzene rings is 1. The summed E-state index contributed by atoms with van der Waals surface area (Å²) in [4.78, 5) is 11.9. The van der Waals surface area contributed by atoms with E-state index in [2.05, 4.69) is 38.7 Å². The smallest absolute Gasteiger partial charge is 0.345 e. The number of nitrogens with zero attached hydrogens (tertiary/aromatic N) is 1. The molecular weight excluding hydrogens is 330 g/mol. The van der Waals surface area contributed by atoms with Crippen LogP contribution in [0.2, 0.25) is 0 Å². The van der Waals surface area contributed by atoms with E-state index in [4.69, 9.17) is 10.2 Å². The van der Waals surface area contributed by atoms with E-state index in [1.165, 1.54) is 0 Å². The number of hydrogen-bond donors (Lipinski definition) is 2. The molecule has 0 radical (unpaired) electrons. The van der Waals surface area contributed by atoms with Gasteiger partial charge in [-0.15, -0.1) is 0 Å². The van der Waals surface area contributed by atoms with Crippen LogP contribution in [0, 0.1) is 0 Å². The predicted molar refractivity (Wildman–Crippen MR) is 82.3 cm³/mol. The highest BCUT2D eigenvalue weighted by atomic mass is 79.9. The Bertz CT molecular complexity index is 739. The van der Waals surface area contributed by atoms with Crippen molar-refractivity contribution in [3.05, 3.63) is 44.7 Å². The summed E-state index contributed by atoms with van der Waals surface area (Å²) in [6.07, 6.45) is 0. The second kappa shape index (κ2) is 5.50. The molecule has 1 heterocycles. The van der Waals surface area contributed by atoms with Crippen molar-refractivity contribution < 1.29 is 4.42 Å². The van der Waals surface area contributed by atoms with Crippen LogP contribution in [-0.2, 0) is 0 Å². The molecule has 1 aromatic carbocycles. The molecular formula is C12H10BrN3O2S. The topological polar surface area (TPSA) is 80.6 Å². The molecule has 2 aromatic rings. The highest BCUT2D eigenvalue weighted by Crippen LogP contribution is 2.19. The molecule has 19 heavy (non-hydrogen) atoms. The third-order valence-corrected chi connectivity index (χ3v) is 3.00. The van der Waals surface area contributed by atoms with Crippen molar-refractivity contribution in [1.29, 1.82) is 0 Å². The second-order valence-electron chi connectivity index (χ2n) is 3.80. The standard InChI is InChI=1S/C12H10BrN3O2S/c1-6(15-16-12(14)19)9-5-7-4-8(13)2-3-10(7)18-11(9)17/h2-5H,1H3,(H3,14,16,19)/b15-6+. The minimum Gasteiger partial charge on any atom is -0.422 e. The van der Waals surface area contributed by atoms with Crippen LogP contribution in [-0.4, -0.2) is 10.8 Å². The minimum atomic E-state index is -0.458. The van der Waals surface area contributed by atoms with Crippen molar-refractivity contribution in [1.82, 2.24) is 5.43 Å². The zero-order valence-electron chi connectivity index (χ0n) is 9.94. The van der Waals surface area contributed by atoms with Gasteiger partial charge in [0.2, 0.25) is 0 Å². The highest BCUT2D eigenvalue weighted by molar-refractivity contribution is 9.10. The molecule has 2 rings (SSSR count). The van der Waals surface area contributed by atoms with Crippen LogP contribution >= 0.6 is 28.1 Å². The summed E-state index contributed by atoms with van der Waals surface area (Å²) in [6, 6.07) is 7.10. The number of hydrogen-bond acceptors (Lipinski definition) is 4. The predicted octanol–water partition coefficient (Wildman–Crippen LogP) is 2.11. The van der Waals surface area contributed by atoms with Gasteiger partial charge in [0.1, 0.15) is 5.58 Å². The van der Waals surface area contributed by atoms with Crippen molar-refractivity contribution >= 4 is 49.9 Å². The van der Waals surface area contributed by atoms with Crippen LogP contribution in [0.1, 0.15) is 12.5 Å². The summed E-state index contributed by atoms with van der Waals surface area (Å²) in [5.41, 5.74) is 8.58. The van der Waals surface area contributed by atoms with E-state index in [1.54, 1.807) is 25.1 Å². The first-order valence-electron chi connectivity index (χ1n) is 5.31. The first-order valence-corrected chi connectivity index (χ1v) is 6.51. The Labute approximate surface area is 122 Å². The van der Waals surface area contributed by atoms with Gasteiger partial charge in [0, 0.05) is 9.86 Å². The van der Waals surface area contributed by atoms with E-state index < -0.39 is 5.63 Å². The first-order chi connectivity index (χ1) is 8.97. The molecule has 0 bridgehead atoms. The molecule has 0 saturated carbocycles. The van der Waals surface area contributed by atoms with Crippen molar-refractivity contribution in [2.24, 2.45) is 10.8 Å². The Morgan fingerprint density at radius 3 is 2.89 bits per heavy atom. The van der Waals surface area contributed by atoms with Gasteiger partial charge >= 0.3 is 5.63 Å². The molecule has 98 valence electrons. The maximum atomic E-state index is 11.9. The molecule has 1 aromatic heterocycles. The maximum Gasteiger partial charge on any atom is 0.345 e. The van der Waals surface area contributed by atoms with Crippen LogP contribution in [0.15, 0.2) is 43.1 Å². The molecule has 0 aliphatic heterocycles. The van der Waals surface area contributed by atoms with Gasteiger partial charge in [0.05, 0.1) is 11.3 Å². The summed E-state index contributed by atoms with van der Waals surface area (Å²) in [7, 11) is 0. The first kappa shape index (κ1) is 13.7. The van der Waals surface area contributed by atoms with E-state index in [0.717, 1.165) is 9.86 Å². The van der Waals surface area contributed by atoms with Crippen LogP contribution in [0.3, 0.4) is 0 Å². The second-order valence-corrected chi connectivity index (χ2v) is 5.16. The third-order valence-electron chi connectivity index (χ3n) is 2.42. The zero-order chi connectivity index (χ0) is 14.0. The third kappa shape index (κ3) is 3.18. The number of fused-ring (bicyclic) bond motifs is 1. The van der Waals surface area contributed by atoms with Crippen molar-refractivity contribution in [3.63, 3.8) is 0 Å². The Hall–Kier alpha value is -1.73. The SMILES string of the molecule is C/C(=N\NC(N)=S)c1cc2cc(Br)ccc2oc1=O. The summed E-state index contributed by atoms with van der Waals surface area (Å²) in [6.45, 7) is 1.67. The normalized spacial score (nSPS) is 11.6. The van der Waals surface area contributed by atoms with Gasteiger partial charge in [0.25, 0.3) is 0 Å². The van der Waals surface area contributed by atoms with Gasteiger partial charge < -0.3 is 10.2 Å². The van der Waals surface area contributed by atoms with E-state index in [1.807, 2.05) is 6.07 Å². The van der Waals surface area contributed by atoms with Crippen molar-refractivity contribution in [3.8, 4) is 0 Å². The molecule has 0 fully saturated rings. The van der Waals surface area contributed by atoms with E-state index >= 15 is 0 Å². The van der Waals surface area contributed by atoms with Crippen LogP contribution in [0.25, 0.3) is 11.0 Å². The Kier molecular flexibility index (Phi) is 3.96. The average Bonchev–Trinajstić information content (AvgIpc) is 2.35. The molecule has 3 N–H and O–H groups in total. The molecule has 0 saturated heterocycles. The Morgan fingerprint density at radius 2 is 2.21 bits per heavy atom. The van der Waals surface area contributed by atoms with Gasteiger partial charge in [-0.05, 0) is 43.4 Å². The largest absolute Gasteiger partial charge is 0.422 e. The lowest BCUT2D eigenvalue weighted by atomic mass is 10.1. The zero-order valence-corrected chi connectivity index (χ0v) is 12.3. The number of halogens is 1. The quantitative estimate of drug-likeness (QED) is 0.379. The van der Waals surface area contributed by atoms with Crippen molar-refractivity contribution in [2.45, 2.75) is 6.92 Å². The Morgan fingerprint density at radius 1 is 1.47 bits per heavy atom. The van der Waals surface area contributed by atoms with Crippen LogP contribution < -0.4 is 16.8 Å². The summed E-state index contributed by atoms with van der Waals surface area (Å²) in [5.74, 6) is 0. The fourth-order valence-corrected chi connectivity index (χ4v) is 1.97. The molecule has 0 unspecified atom stereocenters. The molecule has 0 aliphatic rings. The number of rotatable bonds is 2. The minimum absolute atomic E-state index is 0.0345. The van der Waals surface area contributed by atoms with Crippen LogP contribution in [0.5, 0.6) is 0 Å². The van der Waals surface area contributed by atoms with E-state index in [-0.39, 0.29) is 5.11 Å². The maximum absolute atomic E-state index is 11.9. The van der Waals surface area contributed by atoms with Gasteiger partial charge in [0.15, 0.2) is 5.11 Å². The fraction of sp³-hybridized carbons (Fsp3) is 0.0833. The lowest BCUT2D eigenvalue weighted by Gasteiger charge is -2.03. The van der Waals surface area contributed by atoms with E-state index in [9.17, 15) is 4.79 Å². The molecule has 7 heteroatoms. The lowest BCUT2D eigenvalue weighted by molar-refractivity contribution is 0.559. The molecule has 0 spiro atoms.